The maximum absolute atomic E-state index is 12.9. The summed E-state index contributed by atoms with van der Waals surface area (Å²) in [5.41, 5.74) is 0.765. The monoisotopic (exact) mass is 305 g/mol. The minimum Gasteiger partial charge on any atom is -0.478 e. The van der Waals surface area contributed by atoms with Gasteiger partial charge in [-0.3, -0.25) is 4.79 Å². The van der Waals surface area contributed by atoms with Crippen molar-refractivity contribution in [2.45, 2.75) is 39.0 Å². The second kappa shape index (κ2) is 4.32. The second-order valence-electron chi connectivity index (χ2n) is 7.08. The fourth-order valence-corrected chi connectivity index (χ4v) is 6.13. The van der Waals surface area contributed by atoms with Gasteiger partial charge >= 0.3 is 5.97 Å². The molecule has 0 radical (unpaired) electrons. The first-order chi connectivity index (χ1) is 9.99. The average Bonchev–Trinajstić information content (AvgIpc) is 2.97. The number of thiophene rings is 1. The standard InChI is InChI=1S/C16H19NO3S/c1-8-7-21-13(12(8)14(18)19)17-15(20)16-5-9-2-10(6-16)4-11(16)3-9/h7,9-11H,2-6H2,1H3,(H,17,20)(H,18,19). The summed E-state index contributed by atoms with van der Waals surface area (Å²) >= 11 is 1.32. The highest BCUT2D eigenvalue weighted by molar-refractivity contribution is 7.15. The molecule has 4 aliphatic rings. The van der Waals surface area contributed by atoms with Crippen molar-refractivity contribution in [1.29, 1.82) is 0 Å². The van der Waals surface area contributed by atoms with Crippen molar-refractivity contribution >= 4 is 28.2 Å². The van der Waals surface area contributed by atoms with Crippen molar-refractivity contribution in [3.05, 3.63) is 16.5 Å². The zero-order valence-corrected chi connectivity index (χ0v) is 12.8. The van der Waals surface area contributed by atoms with Gasteiger partial charge in [-0.2, -0.15) is 0 Å². The zero-order valence-electron chi connectivity index (χ0n) is 12.0. The van der Waals surface area contributed by atoms with Crippen LogP contribution in [0.1, 0.15) is 48.0 Å². The summed E-state index contributed by atoms with van der Waals surface area (Å²) in [6, 6.07) is 0. The van der Waals surface area contributed by atoms with Crippen molar-refractivity contribution in [3.8, 4) is 0 Å². The van der Waals surface area contributed by atoms with Gasteiger partial charge in [-0.25, -0.2) is 4.79 Å². The van der Waals surface area contributed by atoms with Crippen LogP contribution in [0, 0.1) is 30.1 Å². The van der Waals surface area contributed by atoms with E-state index in [1.807, 2.05) is 0 Å². The second-order valence-corrected chi connectivity index (χ2v) is 7.96. The first-order valence-electron chi connectivity index (χ1n) is 7.62. The van der Waals surface area contributed by atoms with Gasteiger partial charge in [0.05, 0.1) is 11.0 Å². The Labute approximate surface area is 127 Å². The lowest BCUT2D eigenvalue weighted by Gasteiger charge is -2.31. The third-order valence-corrected chi connectivity index (χ3v) is 6.87. The molecular formula is C16H19NO3S. The Hall–Kier alpha value is -1.36. The molecule has 0 aromatic carbocycles. The average molecular weight is 305 g/mol. The van der Waals surface area contributed by atoms with Gasteiger partial charge in [0.25, 0.3) is 0 Å². The number of aryl methyl sites for hydroxylation is 1. The minimum absolute atomic E-state index is 0.0709. The van der Waals surface area contributed by atoms with Gasteiger partial charge in [0.1, 0.15) is 5.00 Å². The van der Waals surface area contributed by atoms with Crippen LogP contribution in [0.4, 0.5) is 5.00 Å². The molecule has 2 unspecified atom stereocenters. The molecule has 5 rings (SSSR count). The number of carbonyl (C=O) groups excluding carboxylic acids is 1. The molecule has 4 saturated carbocycles. The lowest BCUT2D eigenvalue weighted by molar-refractivity contribution is -0.127. The number of carboxylic acids is 1. The van der Waals surface area contributed by atoms with E-state index < -0.39 is 5.97 Å². The number of rotatable bonds is 3. The topological polar surface area (TPSA) is 66.4 Å². The van der Waals surface area contributed by atoms with Crippen LogP contribution in [-0.4, -0.2) is 17.0 Å². The Morgan fingerprint density at radius 3 is 2.57 bits per heavy atom. The maximum atomic E-state index is 12.9. The highest BCUT2D eigenvalue weighted by atomic mass is 32.1. The van der Waals surface area contributed by atoms with Crippen LogP contribution < -0.4 is 5.32 Å². The molecular weight excluding hydrogens is 286 g/mol. The van der Waals surface area contributed by atoms with Gasteiger partial charge in [-0.1, -0.05) is 0 Å². The molecule has 0 aliphatic heterocycles. The van der Waals surface area contributed by atoms with Crippen molar-refractivity contribution < 1.29 is 14.7 Å². The van der Waals surface area contributed by atoms with Crippen LogP contribution in [0.15, 0.2) is 5.38 Å². The summed E-state index contributed by atoms with van der Waals surface area (Å²) in [4.78, 5) is 24.2. The third-order valence-electron chi connectivity index (χ3n) is 5.86. The van der Waals surface area contributed by atoms with E-state index in [0.29, 0.717) is 10.9 Å². The number of nitrogens with one attached hydrogen (secondary N) is 1. The van der Waals surface area contributed by atoms with Crippen LogP contribution in [0.5, 0.6) is 0 Å². The number of carbonyl (C=O) groups is 2. The summed E-state index contributed by atoms with van der Waals surface area (Å²) in [6.07, 6.45) is 5.70. The van der Waals surface area contributed by atoms with Crippen LogP contribution >= 0.6 is 11.3 Å². The van der Waals surface area contributed by atoms with Crippen LogP contribution in [0.2, 0.25) is 0 Å². The summed E-state index contributed by atoms with van der Waals surface area (Å²) in [7, 11) is 0. The quantitative estimate of drug-likeness (QED) is 0.898. The summed E-state index contributed by atoms with van der Waals surface area (Å²) in [5.74, 6) is 1.07. The van der Waals surface area contributed by atoms with Crippen LogP contribution in [0.25, 0.3) is 0 Å². The molecule has 4 aliphatic carbocycles. The number of amides is 1. The number of aromatic carboxylic acids is 1. The van der Waals surface area contributed by atoms with Crippen molar-refractivity contribution in [2.24, 2.45) is 23.2 Å². The van der Waals surface area contributed by atoms with Crippen molar-refractivity contribution in [3.63, 3.8) is 0 Å². The fraction of sp³-hybridized carbons (Fsp3) is 0.625. The summed E-state index contributed by atoms with van der Waals surface area (Å²) in [5, 5.41) is 14.6. The Morgan fingerprint density at radius 1 is 1.29 bits per heavy atom. The lowest BCUT2D eigenvalue weighted by Crippen LogP contribution is -2.37. The SMILES string of the molecule is Cc1csc(NC(=O)C23CC4CC(CC2C4)C3)c1C(=O)O. The molecule has 112 valence electrons. The molecule has 2 atom stereocenters. The molecule has 1 heterocycles. The van der Waals surface area contributed by atoms with E-state index in [1.165, 1.54) is 30.6 Å². The van der Waals surface area contributed by atoms with Gasteiger partial charge in [0.15, 0.2) is 0 Å². The molecule has 21 heavy (non-hydrogen) atoms. The van der Waals surface area contributed by atoms with E-state index >= 15 is 0 Å². The normalized spacial score (nSPS) is 36.1. The largest absolute Gasteiger partial charge is 0.478 e. The van der Waals surface area contributed by atoms with Gasteiger partial charge in [0.2, 0.25) is 5.91 Å². The third kappa shape index (κ3) is 1.79. The lowest BCUT2D eigenvalue weighted by atomic mass is 9.75. The highest BCUT2D eigenvalue weighted by Gasteiger charge is 2.61. The predicted octanol–water partition coefficient (Wildman–Crippen LogP) is 3.52. The van der Waals surface area contributed by atoms with Gasteiger partial charge in [0, 0.05) is 0 Å². The molecule has 4 fully saturated rings. The molecule has 1 amide bonds. The molecule has 4 bridgehead atoms. The molecule has 0 spiro atoms. The maximum Gasteiger partial charge on any atom is 0.338 e. The smallest absolute Gasteiger partial charge is 0.338 e. The van der Waals surface area contributed by atoms with E-state index in [-0.39, 0.29) is 16.9 Å². The first kappa shape index (κ1) is 13.3. The highest BCUT2D eigenvalue weighted by Crippen LogP contribution is 2.65. The summed E-state index contributed by atoms with van der Waals surface area (Å²) in [6.45, 7) is 1.77. The molecule has 4 nitrogen and oxygen atoms in total. The van der Waals surface area contributed by atoms with Crippen LogP contribution in [-0.2, 0) is 4.79 Å². The summed E-state index contributed by atoms with van der Waals surface area (Å²) < 4.78 is 0. The number of anilines is 1. The van der Waals surface area contributed by atoms with Gasteiger partial charge in [-0.15, -0.1) is 11.3 Å². The van der Waals surface area contributed by atoms with Gasteiger partial charge in [-0.05, 0) is 67.7 Å². The van der Waals surface area contributed by atoms with E-state index in [4.69, 9.17) is 0 Å². The van der Waals surface area contributed by atoms with E-state index in [2.05, 4.69) is 5.32 Å². The molecule has 2 N–H and O–H groups in total. The van der Waals surface area contributed by atoms with E-state index in [1.54, 1.807) is 12.3 Å². The predicted molar refractivity (Wildman–Crippen MR) is 80.6 cm³/mol. The van der Waals surface area contributed by atoms with E-state index in [0.717, 1.165) is 30.2 Å². The number of carboxylic acid groups (broad SMARTS) is 1. The van der Waals surface area contributed by atoms with Crippen molar-refractivity contribution in [1.82, 2.24) is 0 Å². The Kier molecular flexibility index (Phi) is 2.74. The molecule has 0 saturated heterocycles. The zero-order chi connectivity index (χ0) is 14.8. The Balaban J connectivity index is 1.61. The fourth-order valence-electron chi connectivity index (χ4n) is 5.20. The van der Waals surface area contributed by atoms with E-state index in [9.17, 15) is 14.7 Å². The minimum atomic E-state index is -0.959. The first-order valence-corrected chi connectivity index (χ1v) is 8.50. The molecule has 1 aromatic heterocycles. The van der Waals surface area contributed by atoms with Gasteiger partial charge < -0.3 is 10.4 Å². The Morgan fingerprint density at radius 2 is 1.95 bits per heavy atom. The number of hydrogen-bond donors (Lipinski definition) is 2. The molecule has 5 heteroatoms. The van der Waals surface area contributed by atoms with Crippen molar-refractivity contribution in [2.75, 3.05) is 5.32 Å². The molecule has 1 aromatic rings. The number of hydrogen-bond acceptors (Lipinski definition) is 3. The van der Waals surface area contributed by atoms with Crippen LogP contribution in [0.3, 0.4) is 0 Å². The Bertz CT molecular complexity index is 621.